The molecule has 10 heteroatoms. The zero-order valence-electron chi connectivity index (χ0n) is 19.2. The molecule has 0 radical (unpaired) electrons. The molecule has 2 aromatic carbocycles. The van der Waals surface area contributed by atoms with E-state index in [4.69, 9.17) is 0 Å². The highest BCUT2D eigenvalue weighted by Crippen LogP contribution is 2.14. The maximum absolute atomic E-state index is 13.2. The van der Waals surface area contributed by atoms with Crippen molar-refractivity contribution in [1.29, 1.82) is 0 Å². The zero-order chi connectivity index (χ0) is 24.4. The van der Waals surface area contributed by atoms with Gasteiger partial charge in [-0.15, -0.1) is 5.10 Å². The molecule has 0 bridgehead atoms. The number of aryl methyl sites for hydroxylation is 1. The van der Waals surface area contributed by atoms with Crippen LogP contribution in [0.3, 0.4) is 0 Å². The van der Waals surface area contributed by atoms with Gasteiger partial charge in [-0.1, -0.05) is 44.2 Å². The van der Waals surface area contributed by atoms with Gasteiger partial charge in [0, 0.05) is 25.7 Å². The van der Waals surface area contributed by atoms with Gasteiger partial charge in [0.05, 0.1) is 10.9 Å². The Kier molecular flexibility index (Phi) is 6.31. The fourth-order valence-electron chi connectivity index (χ4n) is 3.62. The van der Waals surface area contributed by atoms with E-state index >= 15 is 0 Å². The largest absolute Gasteiger partial charge is 0.352 e. The van der Waals surface area contributed by atoms with E-state index in [2.05, 4.69) is 15.7 Å². The van der Waals surface area contributed by atoms with Gasteiger partial charge in [0.1, 0.15) is 6.54 Å². The predicted molar refractivity (Wildman–Crippen MR) is 128 cm³/mol. The van der Waals surface area contributed by atoms with Gasteiger partial charge >= 0.3 is 5.69 Å². The molecule has 2 heterocycles. The minimum absolute atomic E-state index is 0.0816. The summed E-state index contributed by atoms with van der Waals surface area (Å²) in [6, 6.07) is 14.0. The maximum Gasteiger partial charge on any atom is 0.352 e. The van der Waals surface area contributed by atoms with Gasteiger partial charge in [-0.2, -0.15) is 0 Å². The van der Waals surface area contributed by atoms with Crippen LogP contribution in [-0.4, -0.2) is 37.1 Å². The Labute approximate surface area is 194 Å². The summed E-state index contributed by atoms with van der Waals surface area (Å²) in [4.78, 5) is 51.0. The summed E-state index contributed by atoms with van der Waals surface area (Å²) in [7, 11) is 1.51. The van der Waals surface area contributed by atoms with E-state index in [1.165, 1.54) is 28.1 Å². The number of benzene rings is 2. The Bertz CT molecular complexity index is 1500. The van der Waals surface area contributed by atoms with Gasteiger partial charge in [-0.05, 0) is 29.7 Å². The lowest BCUT2D eigenvalue weighted by molar-refractivity contribution is -0.122. The van der Waals surface area contributed by atoms with Crippen LogP contribution >= 0.6 is 0 Å². The SMILES string of the molecule is CC(C)CNC(=O)c1ccc2c(=O)n(C)c3nn(CC(=O)NCc4ccccc4)c(=O)n3c2c1. The number of rotatable bonds is 7. The summed E-state index contributed by atoms with van der Waals surface area (Å²) in [5.74, 6) is -0.335. The first-order valence-corrected chi connectivity index (χ1v) is 11.0. The molecule has 34 heavy (non-hydrogen) atoms. The van der Waals surface area contributed by atoms with Crippen molar-refractivity contribution in [3.8, 4) is 0 Å². The molecule has 0 saturated heterocycles. The van der Waals surface area contributed by atoms with Crippen LogP contribution in [0.5, 0.6) is 0 Å². The highest BCUT2D eigenvalue weighted by Gasteiger charge is 2.18. The van der Waals surface area contributed by atoms with Crippen molar-refractivity contribution in [1.82, 2.24) is 29.4 Å². The Morgan fingerprint density at radius 3 is 2.47 bits per heavy atom. The third-order valence-electron chi connectivity index (χ3n) is 5.45. The average molecular weight is 463 g/mol. The third kappa shape index (κ3) is 4.47. The summed E-state index contributed by atoms with van der Waals surface area (Å²) in [5, 5.41) is 10.1. The molecular weight excluding hydrogens is 436 g/mol. The van der Waals surface area contributed by atoms with Gasteiger partial charge in [0.15, 0.2) is 0 Å². The normalized spacial score (nSPS) is 11.3. The van der Waals surface area contributed by atoms with E-state index in [9.17, 15) is 19.2 Å². The number of aromatic nitrogens is 4. The smallest absolute Gasteiger partial charge is 0.352 e. The number of fused-ring (bicyclic) bond motifs is 3. The van der Waals surface area contributed by atoms with Crippen molar-refractivity contribution in [3.63, 3.8) is 0 Å². The number of amides is 2. The molecule has 0 saturated carbocycles. The zero-order valence-corrected chi connectivity index (χ0v) is 19.2. The van der Waals surface area contributed by atoms with Gasteiger partial charge in [0.2, 0.25) is 11.7 Å². The Balaban J connectivity index is 1.70. The van der Waals surface area contributed by atoms with Gasteiger partial charge in [0.25, 0.3) is 11.5 Å². The van der Waals surface area contributed by atoms with Crippen LogP contribution in [0.15, 0.2) is 58.1 Å². The average Bonchev–Trinajstić information content (AvgIpc) is 3.16. The van der Waals surface area contributed by atoms with Crippen LogP contribution in [0.1, 0.15) is 29.8 Å². The second kappa shape index (κ2) is 9.34. The van der Waals surface area contributed by atoms with E-state index in [1.807, 2.05) is 44.2 Å². The first-order chi connectivity index (χ1) is 16.3. The van der Waals surface area contributed by atoms with E-state index < -0.39 is 11.6 Å². The van der Waals surface area contributed by atoms with Crippen molar-refractivity contribution < 1.29 is 9.59 Å². The standard InChI is InChI=1S/C24H26N6O4/c1-15(2)12-26-21(32)17-9-10-18-19(11-17)30-23(28(3)22(18)33)27-29(24(30)34)14-20(31)25-13-16-7-5-4-6-8-16/h4-11,15H,12-14H2,1-3H3,(H,25,31)(H,26,32). The summed E-state index contributed by atoms with van der Waals surface area (Å²) in [6.07, 6.45) is 0. The predicted octanol–water partition coefficient (Wildman–Crippen LogP) is 1.05. The van der Waals surface area contributed by atoms with Gasteiger partial charge in [-0.3, -0.25) is 19.0 Å². The summed E-state index contributed by atoms with van der Waals surface area (Å²) < 4.78 is 3.51. The van der Waals surface area contributed by atoms with E-state index in [1.54, 1.807) is 6.07 Å². The van der Waals surface area contributed by atoms with Crippen LogP contribution in [0.2, 0.25) is 0 Å². The second-order valence-electron chi connectivity index (χ2n) is 8.54. The molecule has 0 fully saturated rings. The number of nitrogens with zero attached hydrogens (tertiary/aromatic N) is 4. The van der Waals surface area contributed by atoms with E-state index in [-0.39, 0.29) is 40.6 Å². The minimum Gasteiger partial charge on any atom is -0.352 e. The lowest BCUT2D eigenvalue weighted by Crippen LogP contribution is -2.32. The Morgan fingerprint density at radius 1 is 1.03 bits per heavy atom. The Hall–Kier alpha value is -4.21. The molecule has 2 N–H and O–H groups in total. The monoisotopic (exact) mass is 462 g/mol. The summed E-state index contributed by atoms with van der Waals surface area (Å²) >= 11 is 0. The van der Waals surface area contributed by atoms with Crippen LogP contribution in [0.25, 0.3) is 16.7 Å². The minimum atomic E-state index is -0.579. The quantitative estimate of drug-likeness (QED) is 0.426. The molecule has 0 aliphatic carbocycles. The third-order valence-corrected chi connectivity index (χ3v) is 5.45. The molecule has 2 amide bonds. The molecule has 2 aromatic heterocycles. The highest BCUT2D eigenvalue weighted by atomic mass is 16.2. The molecule has 0 aliphatic rings. The number of hydrogen-bond acceptors (Lipinski definition) is 5. The fraction of sp³-hybridized carbons (Fsp3) is 0.292. The maximum atomic E-state index is 13.2. The molecule has 0 atom stereocenters. The van der Waals surface area contributed by atoms with Crippen molar-refractivity contribution in [2.75, 3.05) is 6.54 Å². The molecule has 0 aliphatic heterocycles. The number of carbonyl (C=O) groups excluding carboxylic acids is 2. The van der Waals surface area contributed by atoms with Crippen molar-refractivity contribution in [2.45, 2.75) is 26.9 Å². The van der Waals surface area contributed by atoms with Crippen molar-refractivity contribution >= 4 is 28.5 Å². The summed E-state index contributed by atoms with van der Waals surface area (Å²) in [5.41, 5.74) is 0.571. The van der Waals surface area contributed by atoms with Crippen molar-refractivity contribution in [2.24, 2.45) is 13.0 Å². The molecule has 4 rings (SSSR count). The molecule has 4 aromatic rings. The Morgan fingerprint density at radius 2 is 1.76 bits per heavy atom. The molecule has 0 spiro atoms. The number of hydrogen-bond donors (Lipinski definition) is 2. The fourth-order valence-corrected chi connectivity index (χ4v) is 3.62. The lowest BCUT2D eigenvalue weighted by atomic mass is 10.1. The van der Waals surface area contributed by atoms with Crippen LogP contribution in [-0.2, 0) is 24.9 Å². The highest BCUT2D eigenvalue weighted by molar-refractivity contribution is 5.98. The van der Waals surface area contributed by atoms with Crippen LogP contribution in [0, 0.1) is 5.92 Å². The molecular formula is C24H26N6O4. The number of nitrogens with one attached hydrogen (secondary N) is 2. The molecule has 176 valence electrons. The van der Waals surface area contributed by atoms with Crippen LogP contribution in [0.4, 0.5) is 0 Å². The van der Waals surface area contributed by atoms with Crippen molar-refractivity contribution in [3.05, 3.63) is 80.5 Å². The second-order valence-corrected chi connectivity index (χ2v) is 8.54. The lowest BCUT2D eigenvalue weighted by Gasteiger charge is -2.09. The summed E-state index contributed by atoms with van der Waals surface area (Å²) in [6.45, 7) is 4.48. The molecule has 10 nitrogen and oxygen atoms in total. The molecule has 0 unspecified atom stereocenters. The van der Waals surface area contributed by atoms with Gasteiger partial charge in [-0.25, -0.2) is 13.9 Å². The van der Waals surface area contributed by atoms with E-state index in [0.29, 0.717) is 18.7 Å². The first kappa shape index (κ1) is 23.0. The van der Waals surface area contributed by atoms with Crippen LogP contribution < -0.4 is 21.9 Å². The van der Waals surface area contributed by atoms with Gasteiger partial charge < -0.3 is 10.6 Å². The first-order valence-electron chi connectivity index (χ1n) is 11.0. The van der Waals surface area contributed by atoms with E-state index in [0.717, 1.165) is 10.2 Å². The topological polar surface area (TPSA) is 120 Å². The number of carbonyl (C=O) groups is 2.